The van der Waals surface area contributed by atoms with Gasteiger partial charge in [-0.05, 0) is 33.6 Å². The standard InChI is InChI=1S/C16H19BrClN3O3/c1-2-5-24-16-13(17)8-12(9-14(16)18)10-19-20-15(22)11-21-3-6-23-7-4-21/h2,8-10H,1,3-7,11H2,(H,20,22)/b19-10+. The number of hydrogen-bond donors (Lipinski definition) is 1. The van der Waals surface area contributed by atoms with Crippen molar-refractivity contribution in [1.82, 2.24) is 10.3 Å². The largest absolute Gasteiger partial charge is 0.487 e. The molecule has 130 valence electrons. The maximum Gasteiger partial charge on any atom is 0.254 e. The summed E-state index contributed by atoms with van der Waals surface area (Å²) < 4.78 is 11.4. The minimum Gasteiger partial charge on any atom is -0.487 e. The summed E-state index contributed by atoms with van der Waals surface area (Å²) in [6.07, 6.45) is 3.17. The van der Waals surface area contributed by atoms with Crippen molar-refractivity contribution in [2.45, 2.75) is 0 Å². The van der Waals surface area contributed by atoms with Crippen LogP contribution in [0.3, 0.4) is 0 Å². The zero-order valence-electron chi connectivity index (χ0n) is 13.1. The second kappa shape index (κ2) is 9.78. The topological polar surface area (TPSA) is 63.2 Å². The van der Waals surface area contributed by atoms with Crippen molar-refractivity contribution in [3.05, 3.63) is 39.8 Å². The molecule has 0 aliphatic carbocycles. The quantitative estimate of drug-likeness (QED) is 0.421. The van der Waals surface area contributed by atoms with Crippen molar-refractivity contribution < 1.29 is 14.3 Å². The van der Waals surface area contributed by atoms with E-state index in [0.717, 1.165) is 18.7 Å². The Bertz CT molecular complexity index is 596. The third-order valence-electron chi connectivity index (χ3n) is 3.24. The van der Waals surface area contributed by atoms with Gasteiger partial charge in [0.15, 0.2) is 5.75 Å². The van der Waals surface area contributed by atoms with Gasteiger partial charge in [0.2, 0.25) is 0 Å². The number of hydrazone groups is 1. The number of rotatable bonds is 7. The summed E-state index contributed by atoms with van der Waals surface area (Å²) in [5.74, 6) is 0.384. The van der Waals surface area contributed by atoms with Crippen LogP contribution in [0.2, 0.25) is 5.02 Å². The predicted molar refractivity (Wildman–Crippen MR) is 97.8 cm³/mol. The molecule has 1 aliphatic rings. The van der Waals surface area contributed by atoms with Gasteiger partial charge in [-0.25, -0.2) is 5.43 Å². The van der Waals surface area contributed by atoms with E-state index in [0.29, 0.717) is 41.6 Å². The molecule has 24 heavy (non-hydrogen) atoms. The van der Waals surface area contributed by atoms with Crippen molar-refractivity contribution in [2.75, 3.05) is 39.5 Å². The van der Waals surface area contributed by atoms with E-state index in [2.05, 4.69) is 33.0 Å². The Morgan fingerprint density at radius 1 is 1.50 bits per heavy atom. The fourth-order valence-corrected chi connectivity index (χ4v) is 3.10. The van der Waals surface area contributed by atoms with Crippen LogP contribution in [0, 0.1) is 0 Å². The molecule has 0 aromatic heterocycles. The van der Waals surface area contributed by atoms with Crippen molar-refractivity contribution in [2.24, 2.45) is 5.10 Å². The van der Waals surface area contributed by atoms with Crippen LogP contribution in [0.1, 0.15) is 5.56 Å². The first kappa shape index (κ1) is 18.9. The molecule has 1 saturated heterocycles. The van der Waals surface area contributed by atoms with Gasteiger partial charge in [-0.15, -0.1) is 0 Å². The Morgan fingerprint density at radius 2 is 2.25 bits per heavy atom. The molecule has 0 unspecified atom stereocenters. The molecular formula is C16H19BrClN3O3. The number of halogens is 2. The van der Waals surface area contributed by atoms with Gasteiger partial charge in [0.05, 0.1) is 35.5 Å². The van der Waals surface area contributed by atoms with Gasteiger partial charge in [-0.1, -0.05) is 24.3 Å². The first-order valence-corrected chi connectivity index (χ1v) is 8.62. The number of ether oxygens (including phenoxy) is 2. The van der Waals surface area contributed by atoms with E-state index in [4.69, 9.17) is 21.1 Å². The van der Waals surface area contributed by atoms with Crippen molar-refractivity contribution in [3.63, 3.8) is 0 Å². The van der Waals surface area contributed by atoms with Gasteiger partial charge in [0.25, 0.3) is 5.91 Å². The number of nitrogens with zero attached hydrogens (tertiary/aromatic N) is 2. The zero-order valence-corrected chi connectivity index (χ0v) is 15.5. The van der Waals surface area contributed by atoms with Gasteiger partial charge in [0.1, 0.15) is 6.61 Å². The van der Waals surface area contributed by atoms with Gasteiger partial charge < -0.3 is 9.47 Å². The number of benzene rings is 1. The van der Waals surface area contributed by atoms with Crippen LogP contribution >= 0.6 is 27.5 Å². The number of nitrogens with one attached hydrogen (secondary N) is 1. The molecule has 1 amide bonds. The van der Waals surface area contributed by atoms with E-state index in [1.807, 2.05) is 11.0 Å². The highest BCUT2D eigenvalue weighted by molar-refractivity contribution is 9.10. The lowest BCUT2D eigenvalue weighted by atomic mass is 10.2. The molecule has 1 N–H and O–H groups in total. The monoisotopic (exact) mass is 415 g/mol. The molecule has 0 spiro atoms. The highest BCUT2D eigenvalue weighted by Crippen LogP contribution is 2.34. The molecule has 0 saturated carbocycles. The first-order chi connectivity index (χ1) is 11.6. The second-order valence-electron chi connectivity index (χ2n) is 5.10. The molecule has 0 atom stereocenters. The summed E-state index contributed by atoms with van der Waals surface area (Å²) in [4.78, 5) is 13.9. The lowest BCUT2D eigenvalue weighted by Crippen LogP contribution is -2.42. The maximum atomic E-state index is 11.8. The van der Waals surface area contributed by atoms with Crippen LogP contribution in [-0.2, 0) is 9.53 Å². The molecule has 2 rings (SSSR count). The summed E-state index contributed by atoms with van der Waals surface area (Å²) in [6, 6.07) is 3.52. The predicted octanol–water partition coefficient (Wildman–Crippen LogP) is 2.45. The minimum absolute atomic E-state index is 0.163. The van der Waals surface area contributed by atoms with Gasteiger partial charge in [0, 0.05) is 13.1 Å². The van der Waals surface area contributed by atoms with Crippen LogP contribution in [0.25, 0.3) is 0 Å². The summed E-state index contributed by atoms with van der Waals surface area (Å²) in [5.41, 5.74) is 3.25. The van der Waals surface area contributed by atoms with Gasteiger partial charge in [-0.2, -0.15) is 5.10 Å². The highest BCUT2D eigenvalue weighted by atomic mass is 79.9. The molecular weight excluding hydrogens is 398 g/mol. The molecule has 1 aromatic carbocycles. The molecule has 0 bridgehead atoms. The highest BCUT2D eigenvalue weighted by Gasteiger charge is 2.13. The third kappa shape index (κ3) is 5.90. The van der Waals surface area contributed by atoms with E-state index in [-0.39, 0.29) is 5.91 Å². The zero-order chi connectivity index (χ0) is 17.4. The van der Waals surface area contributed by atoms with E-state index in [1.165, 1.54) is 6.21 Å². The first-order valence-electron chi connectivity index (χ1n) is 7.45. The molecule has 8 heteroatoms. The molecule has 1 aliphatic heterocycles. The molecule has 1 fully saturated rings. The lowest BCUT2D eigenvalue weighted by Gasteiger charge is -2.25. The van der Waals surface area contributed by atoms with Crippen molar-refractivity contribution in [1.29, 1.82) is 0 Å². The van der Waals surface area contributed by atoms with E-state index < -0.39 is 0 Å². The van der Waals surface area contributed by atoms with Crippen LogP contribution in [0.4, 0.5) is 0 Å². The lowest BCUT2D eigenvalue weighted by molar-refractivity contribution is -0.123. The Hall–Kier alpha value is -1.41. The SMILES string of the molecule is C=CCOc1c(Cl)cc(/C=N/NC(=O)CN2CCOCC2)cc1Br. The number of amides is 1. The Balaban J connectivity index is 1.89. The smallest absolute Gasteiger partial charge is 0.254 e. The Labute approximate surface area is 154 Å². The van der Waals surface area contributed by atoms with Gasteiger partial charge >= 0.3 is 0 Å². The van der Waals surface area contributed by atoms with E-state index >= 15 is 0 Å². The number of hydrogen-bond acceptors (Lipinski definition) is 5. The molecule has 0 radical (unpaired) electrons. The second-order valence-corrected chi connectivity index (χ2v) is 6.36. The average Bonchev–Trinajstić information content (AvgIpc) is 2.55. The average molecular weight is 417 g/mol. The maximum absolute atomic E-state index is 11.8. The van der Waals surface area contributed by atoms with Crippen molar-refractivity contribution in [3.8, 4) is 5.75 Å². The molecule has 1 heterocycles. The number of carbonyl (C=O) groups is 1. The molecule has 1 aromatic rings. The van der Waals surface area contributed by atoms with Crippen LogP contribution in [0.5, 0.6) is 5.75 Å². The Kier molecular flexibility index (Phi) is 7.71. The molecule has 6 nitrogen and oxygen atoms in total. The fraction of sp³-hybridized carbons (Fsp3) is 0.375. The Morgan fingerprint density at radius 3 is 2.92 bits per heavy atom. The number of morpholine rings is 1. The van der Waals surface area contributed by atoms with Crippen LogP contribution < -0.4 is 10.2 Å². The van der Waals surface area contributed by atoms with Crippen LogP contribution in [-0.4, -0.2) is 56.5 Å². The van der Waals surface area contributed by atoms with E-state index in [1.54, 1.807) is 12.1 Å². The number of carbonyl (C=O) groups excluding carboxylic acids is 1. The summed E-state index contributed by atoms with van der Waals surface area (Å²) >= 11 is 9.59. The minimum atomic E-state index is -0.163. The normalized spacial score (nSPS) is 15.4. The summed E-state index contributed by atoms with van der Waals surface area (Å²) in [5, 5.41) is 4.41. The fourth-order valence-electron chi connectivity index (χ4n) is 2.11. The van der Waals surface area contributed by atoms with Crippen molar-refractivity contribution >= 4 is 39.7 Å². The third-order valence-corrected chi connectivity index (χ3v) is 4.11. The van der Waals surface area contributed by atoms with Crippen LogP contribution in [0.15, 0.2) is 34.4 Å². The summed E-state index contributed by atoms with van der Waals surface area (Å²) in [7, 11) is 0. The summed E-state index contributed by atoms with van der Waals surface area (Å²) in [6.45, 7) is 7.09. The van der Waals surface area contributed by atoms with Gasteiger partial charge in [-0.3, -0.25) is 9.69 Å². The van der Waals surface area contributed by atoms with E-state index in [9.17, 15) is 4.79 Å².